The van der Waals surface area contributed by atoms with Crippen molar-refractivity contribution in [1.29, 1.82) is 0 Å². The third-order valence-electron chi connectivity index (χ3n) is 2.35. The molecule has 0 saturated heterocycles. The highest BCUT2D eigenvalue weighted by Gasteiger charge is 2.24. The first-order valence-electron chi connectivity index (χ1n) is 5.67. The number of esters is 1. The van der Waals surface area contributed by atoms with Crippen LogP contribution in [0.2, 0.25) is 0 Å². The topological polar surface area (TPSA) is 97.1 Å². The lowest BCUT2D eigenvalue weighted by Crippen LogP contribution is -2.54. The molecule has 0 radical (unpaired) electrons. The summed E-state index contributed by atoms with van der Waals surface area (Å²) in [6.45, 7) is 3.50. The monoisotopic (exact) mass is 253 g/mol. The van der Waals surface area contributed by atoms with Gasteiger partial charge in [0.1, 0.15) is 12.5 Å². The fraction of sp³-hybridized carbons (Fsp3) is 0.417. The largest absolute Gasteiger partial charge is 0.463 e. The number of nitro groups is 1. The summed E-state index contributed by atoms with van der Waals surface area (Å²) in [5, 5.41) is 10.9. The van der Waals surface area contributed by atoms with Crippen LogP contribution in [0.1, 0.15) is 31.9 Å². The van der Waals surface area contributed by atoms with E-state index in [0.29, 0.717) is 5.56 Å². The van der Waals surface area contributed by atoms with Gasteiger partial charge in [-0.25, -0.2) is 0 Å². The molecule has 1 rings (SSSR count). The number of carbonyl (C=O) groups is 1. The molecule has 0 unspecified atom stereocenters. The van der Waals surface area contributed by atoms with Crippen LogP contribution in [0.3, 0.4) is 0 Å². The van der Waals surface area contributed by atoms with Crippen molar-refractivity contribution in [1.82, 2.24) is 0 Å². The highest BCUT2D eigenvalue weighted by Crippen LogP contribution is 2.24. The standard InChI is InChI=1S/C12H16N2O4/c1-8(2)18-12(15)7-10(13)9-5-3-4-6-11(9)14(16)17/h3-6,8,10H,7,13H2,1-2H3/p+1/t10-/m1/s1. The van der Waals surface area contributed by atoms with E-state index in [9.17, 15) is 14.9 Å². The Morgan fingerprint density at radius 2 is 2.06 bits per heavy atom. The zero-order valence-electron chi connectivity index (χ0n) is 10.5. The first-order valence-corrected chi connectivity index (χ1v) is 5.67. The van der Waals surface area contributed by atoms with Gasteiger partial charge in [0, 0.05) is 6.07 Å². The van der Waals surface area contributed by atoms with Gasteiger partial charge in [0.25, 0.3) is 5.69 Å². The predicted molar refractivity (Wildman–Crippen MR) is 64.6 cm³/mol. The van der Waals surface area contributed by atoms with Crippen molar-refractivity contribution >= 4 is 11.7 Å². The summed E-state index contributed by atoms with van der Waals surface area (Å²) in [7, 11) is 0. The van der Waals surface area contributed by atoms with E-state index < -0.39 is 16.9 Å². The van der Waals surface area contributed by atoms with E-state index >= 15 is 0 Å². The molecule has 3 N–H and O–H groups in total. The average molecular weight is 253 g/mol. The lowest BCUT2D eigenvalue weighted by Gasteiger charge is -2.11. The maximum absolute atomic E-state index is 11.5. The van der Waals surface area contributed by atoms with Crippen LogP contribution >= 0.6 is 0 Å². The summed E-state index contributed by atoms with van der Waals surface area (Å²) in [5.74, 6) is -0.400. The second kappa shape index (κ2) is 6.11. The molecule has 1 aromatic carbocycles. The first-order chi connectivity index (χ1) is 8.41. The summed E-state index contributed by atoms with van der Waals surface area (Å²) in [5.41, 5.74) is 4.22. The molecule has 6 nitrogen and oxygen atoms in total. The van der Waals surface area contributed by atoms with Crippen LogP contribution in [-0.2, 0) is 9.53 Å². The zero-order valence-corrected chi connectivity index (χ0v) is 10.5. The Morgan fingerprint density at radius 3 is 2.61 bits per heavy atom. The Balaban J connectivity index is 2.81. The van der Waals surface area contributed by atoms with Crippen molar-refractivity contribution in [2.75, 3.05) is 0 Å². The number of ether oxygens (including phenoxy) is 1. The van der Waals surface area contributed by atoms with E-state index in [2.05, 4.69) is 5.73 Å². The van der Waals surface area contributed by atoms with Crippen LogP contribution in [0.15, 0.2) is 24.3 Å². The predicted octanol–water partition coefficient (Wildman–Crippen LogP) is 1.22. The molecule has 0 heterocycles. The molecule has 1 aromatic rings. The van der Waals surface area contributed by atoms with Crippen LogP contribution < -0.4 is 5.73 Å². The van der Waals surface area contributed by atoms with Crippen molar-refractivity contribution in [3.8, 4) is 0 Å². The van der Waals surface area contributed by atoms with Crippen LogP contribution in [0, 0.1) is 10.1 Å². The minimum Gasteiger partial charge on any atom is -0.463 e. The normalized spacial score (nSPS) is 12.2. The summed E-state index contributed by atoms with van der Waals surface area (Å²) in [4.78, 5) is 21.9. The van der Waals surface area contributed by atoms with Gasteiger partial charge < -0.3 is 10.5 Å². The fourth-order valence-corrected chi connectivity index (χ4v) is 1.62. The van der Waals surface area contributed by atoms with Crippen LogP contribution in [0.25, 0.3) is 0 Å². The van der Waals surface area contributed by atoms with Crippen molar-refractivity contribution in [2.24, 2.45) is 0 Å². The maximum atomic E-state index is 11.5. The van der Waals surface area contributed by atoms with E-state index in [4.69, 9.17) is 4.74 Å². The minimum atomic E-state index is -0.488. The minimum absolute atomic E-state index is 0.0187. The summed E-state index contributed by atoms with van der Waals surface area (Å²) in [6.07, 6.45) is -0.168. The van der Waals surface area contributed by atoms with Gasteiger partial charge in [0.2, 0.25) is 0 Å². The van der Waals surface area contributed by atoms with E-state index in [-0.39, 0.29) is 18.2 Å². The van der Waals surface area contributed by atoms with Gasteiger partial charge >= 0.3 is 5.97 Å². The molecule has 98 valence electrons. The molecule has 0 aliphatic carbocycles. The third-order valence-corrected chi connectivity index (χ3v) is 2.35. The molecule has 0 spiro atoms. The number of nitrogens with zero attached hydrogens (tertiary/aromatic N) is 1. The van der Waals surface area contributed by atoms with E-state index in [0.717, 1.165) is 0 Å². The second-order valence-corrected chi connectivity index (χ2v) is 4.26. The van der Waals surface area contributed by atoms with E-state index in [1.807, 2.05) is 0 Å². The first kappa shape index (κ1) is 14.1. The van der Waals surface area contributed by atoms with Crippen LogP contribution in [0.5, 0.6) is 0 Å². The number of quaternary nitrogens is 1. The van der Waals surface area contributed by atoms with Crippen LogP contribution in [0.4, 0.5) is 5.69 Å². The Bertz CT molecular complexity index is 445. The smallest absolute Gasteiger partial charge is 0.312 e. The molecular formula is C12H17N2O4+. The molecule has 0 aliphatic rings. The molecule has 0 fully saturated rings. The highest BCUT2D eigenvalue weighted by atomic mass is 16.6. The van der Waals surface area contributed by atoms with Gasteiger partial charge in [-0.3, -0.25) is 14.9 Å². The summed E-state index contributed by atoms with van der Waals surface area (Å²) < 4.78 is 4.99. The molecule has 0 saturated carbocycles. The van der Waals surface area contributed by atoms with E-state index in [1.165, 1.54) is 6.07 Å². The lowest BCUT2D eigenvalue weighted by atomic mass is 10.0. The molecule has 18 heavy (non-hydrogen) atoms. The van der Waals surface area contributed by atoms with Crippen molar-refractivity contribution in [3.63, 3.8) is 0 Å². The van der Waals surface area contributed by atoms with Crippen molar-refractivity contribution in [2.45, 2.75) is 32.4 Å². The van der Waals surface area contributed by atoms with Crippen LogP contribution in [-0.4, -0.2) is 17.0 Å². The third kappa shape index (κ3) is 3.81. The van der Waals surface area contributed by atoms with Crippen molar-refractivity contribution < 1.29 is 20.2 Å². The fourth-order valence-electron chi connectivity index (χ4n) is 1.62. The molecule has 0 aromatic heterocycles. The van der Waals surface area contributed by atoms with Gasteiger partial charge in [-0.2, -0.15) is 0 Å². The Kier molecular flexibility index (Phi) is 4.79. The lowest BCUT2D eigenvalue weighted by molar-refractivity contribution is -0.432. The summed E-state index contributed by atoms with van der Waals surface area (Å²) in [6, 6.07) is 5.80. The number of benzene rings is 1. The quantitative estimate of drug-likeness (QED) is 0.484. The number of para-hydroxylation sites is 1. The van der Waals surface area contributed by atoms with E-state index in [1.54, 1.807) is 32.0 Å². The van der Waals surface area contributed by atoms with Gasteiger partial charge in [0.15, 0.2) is 0 Å². The van der Waals surface area contributed by atoms with Gasteiger partial charge in [-0.1, -0.05) is 12.1 Å². The average Bonchev–Trinajstić information content (AvgIpc) is 2.27. The molecule has 0 bridgehead atoms. The number of hydrogen-bond donors (Lipinski definition) is 1. The Hall–Kier alpha value is -1.95. The maximum Gasteiger partial charge on any atom is 0.312 e. The molecule has 0 aliphatic heterocycles. The number of hydrogen-bond acceptors (Lipinski definition) is 4. The summed E-state index contributed by atoms with van der Waals surface area (Å²) >= 11 is 0. The molecule has 0 amide bonds. The second-order valence-electron chi connectivity index (χ2n) is 4.26. The molecule has 6 heteroatoms. The van der Waals surface area contributed by atoms with Crippen molar-refractivity contribution in [3.05, 3.63) is 39.9 Å². The molecular weight excluding hydrogens is 236 g/mol. The highest BCUT2D eigenvalue weighted by molar-refractivity contribution is 5.70. The number of carbonyl (C=O) groups excluding carboxylic acids is 1. The number of rotatable bonds is 5. The van der Waals surface area contributed by atoms with Gasteiger partial charge in [0.05, 0.1) is 16.6 Å². The zero-order chi connectivity index (χ0) is 13.7. The molecule has 1 atom stereocenters. The SMILES string of the molecule is CC(C)OC(=O)C[C@@H]([NH3+])c1ccccc1[N+](=O)[O-]. The van der Waals surface area contributed by atoms with Gasteiger partial charge in [-0.05, 0) is 19.9 Å². The van der Waals surface area contributed by atoms with Gasteiger partial charge in [-0.15, -0.1) is 0 Å². The number of nitro benzene ring substituents is 1. The Morgan fingerprint density at radius 1 is 1.44 bits per heavy atom. The Labute approximate surface area is 105 Å².